The molecule has 0 fully saturated rings. The summed E-state index contributed by atoms with van der Waals surface area (Å²) in [4.78, 5) is 23.7. The molecule has 0 aliphatic heterocycles. The molecule has 2 aromatic carbocycles. The number of thioether (sulfide) groups is 1. The van der Waals surface area contributed by atoms with Crippen molar-refractivity contribution in [2.45, 2.75) is 34.6 Å². The Morgan fingerprint density at radius 3 is 2.19 bits per heavy atom. The molecule has 0 saturated heterocycles. The standard InChI is InChI=1S/C20H19ClF3NO5S2/c1-19(2,32(29,30)14-6-4-13(5-7-14)20(22,23)24)18(28)25-9-10-31-16-8-3-12(17(26)27)11-15(16)21/h3-8,11H,9-10H2,1-2H3,(H,25,28)(H,26,27). The normalized spacial score (nSPS) is 12.4. The minimum absolute atomic E-state index is 0.0304. The van der Waals surface area contributed by atoms with Crippen molar-refractivity contribution in [3.8, 4) is 0 Å². The zero-order valence-corrected chi connectivity index (χ0v) is 19.3. The maximum Gasteiger partial charge on any atom is 0.416 e. The molecule has 0 spiro atoms. The van der Waals surface area contributed by atoms with E-state index in [0.717, 1.165) is 12.1 Å². The van der Waals surface area contributed by atoms with Gasteiger partial charge in [0.25, 0.3) is 0 Å². The number of sulfone groups is 1. The van der Waals surface area contributed by atoms with E-state index in [-0.39, 0.29) is 17.1 Å². The summed E-state index contributed by atoms with van der Waals surface area (Å²) in [6, 6.07) is 7.15. The van der Waals surface area contributed by atoms with Gasteiger partial charge in [0.2, 0.25) is 5.91 Å². The summed E-state index contributed by atoms with van der Waals surface area (Å²) in [5, 5.41) is 11.7. The molecule has 0 unspecified atom stereocenters. The highest BCUT2D eigenvalue weighted by atomic mass is 35.5. The van der Waals surface area contributed by atoms with Crippen LogP contribution in [0.3, 0.4) is 0 Å². The van der Waals surface area contributed by atoms with Gasteiger partial charge in [0.15, 0.2) is 9.84 Å². The number of carboxylic acids is 1. The first-order chi connectivity index (χ1) is 14.7. The van der Waals surface area contributed by atoms with Crippen molar-refractivity contribution in [2.24, 2.45) is 0 Å². The zero-order valence-electron chi connectivity index (χ0n) is 16.9. The number of carbonyl (C=O) groups is 2. The number of nitrogens with one attached hydrogen (secondary N) is 1. The smallest absolute Gasteiger partial charge is 0.416 e. The third-order valence-electron chi connectivity index (χ3n) is 4.53. The van der Waals surface area contributed by atoms with Crippen molar-refractivity contribution in [3.05, 3.63) is 58.6 Å². The third-order valence-corrected chi connectivity index (χ3v) is 8.46. The van der Waals surface area contributed by atoms with Crippen LogP contribution in [0, 0.1) is 0 Å². The quantitative estimate of drug-likeness (QED) is 0.401. The number of rotatable bonds is 8. The SMILES string of the molecule is CC(C)(C(=O)NCCSc1ccc(C(=O)O)cc1Cl)S(=O)(=O)c1ccc(C(F)(F)F)cc1. The minimum atomic E-state index is -4.61. The summed E-state index contributed by atoms with van der Waals surface area (Å²) >= 11 is 7.27. The summed E-state index contributed by atoms with van der Waals surface area (Å²) in [7, 11) is -4.27. The van der Waals surface area contributed by atoms with Crippen molar-refractivity contribution in [2.75, 3.05) is 12.3 Å². The van der Waals surface area contributed by atoms with Crippen LogP contribution in [0.15, 0.2) is 52.3 Å². The van der Waals surface area contributed by atoms with Gasteiger partial charge in [-0.15, -0.1) is 11.8 Å². The zero-order chi connectivity index (χ0) is 24.3. The Balaban J connectivity index is 2.01. The molecule has 0 saturated carbocycles. The number of halogens is 4. The van der Waals surface area contributed by atoms with Gasteiger partial charge in [-0.25, -0.2) is 13.2 Å². The molecule has 12 heteroatoms. The molecule has 0 aliphatic rings. The number of amides is 1. The number of benzene rings is 2. The largest absolute Gasteiger partial charge is 0.478 e. The molecule has 0 bridgehead atoms. The average Bonchev–Trinajstić information content (AvgIpc) is 2.71. The van der Waals surface area contributed by atoms with E-state index in [2.05, 4.69) is 5.32 Å². The van der Waals surface area contributed by atoms with Crippen molar-refractivity contribution in [1.29, 1.82) is 0 Å². The predicted octanol–water partition coefficient (Wildman–Crippen LogP) is 4.52. The molecule has 6 nitrogen and oxygen atoms in total. The maximum absolute atomic E-state index is 12.8. The van der Waals surface area contributed by atoms with E-state index < -0.39 is 43.1 Å². The molecule has 0 heterocycles. The topological polar surface area (TPSA) is 101 Å². The van der Waals surface area contributed by atoms with Crippen LogP contribution in [0.1, 0.15) is 29.8 Å². The first-order valence-corrected chi connectivity index (χ1v) is 11.9. The number of alkyl halides is 3. The molecule has 0 aromatic heterocycles. The lowest BCUT2D eigenvalue weighted by Gasteiger charge is -2.24. The lowest BCUT2D eigenvalue weighted by atomic mass is 10.2. The van der Waals surface area contributed by atoms with Crippen molar-refractivity contribution < 1.29 is 36.3 Å². The lowest BCUT2D eigenvalue weighted by molar-refractivity contribution is -0.137. The number of aromatic carboxylic acids is 1. The lowest BCUT2D eigenvalue weighted by Crippen LogP contribution is -2.48. The molecule has 0 radical (unpaired) electrons. The molecule has 174 valence electrons. The Hall–Kier alpha value is -2.24. The van der Waals surface area contributed by atoms with Crippen molar-refractivity contribution in [1.82, 2.24) is 5.32 Å². The van der Waals surface area contributed by atoms with E-state index in [1.165, 1.54) is 43.8 Å². The average molecular weight is 510 g/mol. The van der Waals surface area contributed by atoms with E-state index in [1.807, 2.05) is 0 Å². The Bertz CT molecular complexity index is 1120. The van der Waals surface area contributed by atoms with Crippen LogP contribution in [0.4, 0.5) is 13.2 Å². The summed E-state index contributed by atoms with van der Waals surface area (Å²) in [5.74, 6) is -1.62. The van der Waals surface area contributed by atoms with Crippen LogP contribution in [-0.2, 0) is 20.8 Å². The van der Waals surface area contributed by atoms with Crippen LogP contribution in [0.25, 0.3) is 0 Å². The first-order valence-electron chi connectivity index (χ1n) is 9.04. The molecule has 0 aliphatic carbocycles. The molecular weight excluding hydrogens is 491 g/mol. The highest BCUT2D eigenvalue weighted by molar-refractivity contribution is 7.99. The minimum Gasteiger partial charge on any atom is -0.478 e. The number of hydrogen-bond donors (Lipinski definition) is 2. The van der Waals surface area contributed by atoms with Crippen molar-refractivity contribution >= 4 is 45.1 Å². The summed E-state index contributed by atoms with van der Waals surface area (Å²) < 4.78 is 61.8. The van der Waals surface area contributed by atoms with Crippen molar-refractivity contribution in [3.63, 3.8) is 0 Å². The van der Waals surface area contributed by atoms with Gasteiger partial charge in [0.05, 0.1) is 21.0 Å². The number of carboxylic acid groups (broad SMARTS) is 1. The van der Waals surface area contributed by atoms with Crippen LogP contribution < -0.4 is 5.32 Å². The molecule has 0 atom stereocenters. The van der Waals surface area contributed by atoms with Crippen LogP contribution in [-0.4, -0.2) is 42.4 Å². The van der Waals surface area contributed by atoms with Gasteiger partial charge in [0.1, 0.15) is 4.75 Å². The molecule has 2 aromatic rings. The van der Waals surface area contributed by atoms with Crippen LogP contribution >= 0.6 is 23.4 Å². The summed E-state index contributed by atoms with van der Waals surface area (Å²) in [6.45, 7) is 2.42. The monoisotopic (exact) mass is 509 g/mol. The van der Waals surface area contributed by atoms with Gasteiger partial charge in [-0.1, -0.05) is 11.6 Å². The Morgan fingerprint density at radius 2 is 1.69 bits per heavy atom. The van der Waals surface area contributed by atoms with Gasteiger partial charge in [-0.3, -0.25) is 4.79 Å². The Kier molecular flexibility index (Phi) is 7.90. The van der Waals surface area contributed by atoms with E-state index in [9.17, 15) is 31.2 Å². The first kappa shape index (κ1) is 26.0. The second kappa shape index (κ2) is 9.72. The van der Waals surface area contributed by atoms with Gasteiger partial charge in [-0.05, 0) is 56.3 Å². The third kappa shape index (κ3) is 5.76. The highest BCUT2D eigenvalue weighted by Gasteiger charge is 2.43. The van der Waals surface area contributed by atoms with Gasteiger partial charge in [-0.2, -0.15) is 13.2 Å². The van der Waals surface area contributed by atoms with Gasteiger partial charge < -0.3 is 10.4 Å². The second-order valence-electron chi connectivity index (χ2n) is 7.09. The van der Waals surface area contributed by atoms with E-state index >= 15 is 0 Å². The fraction of sp³-hybridized carbons (Fsp3) is 0.300. The van der Waals surface area contributed by atoms with E-state index in [4.69, 9.17) is 16.7 Å². The molecule has 2 rings (SSSR count). The second-order valence-corrected chi connectivity index (χ2v) is 11.1. The molecule has 32 heavy (non-hydrogen) atoms. The Morgan fingerprint density at radius 1 is 1.09 bits per heavy atom. The van der Waals surface area contributed by atoms with Gasteiger partial charge in [0, 0.05) is 17.2 Å². The van der Waals surface area contributed by atoms with Gasteiger partial charge >= 0.3 is 12.1 Å². The van der Waals surface area contributed by atoms with E-state index in [0.29, 0.717) is 22.8 Å². The molecule has 2 N–H and O–H groups in total. The summed E-state index contributed by atoms with van der Waals surface area (Å²) in [5.41, 5.74) is -0.964. The predicted molar refractivity (Wildman–Crippen MR) is 115 cm³/mol. The number of hydrogen-bond acceptors (Lipinski definition) is 5. The maximum atomic E-state index is 12.8. The summed E-state index contributed by atoms with van der Waals surface area (Å²) in [6.07, 6.45) is -4.61. The fourth-order valence-corrected chi connectivity index (χ4v) is 5.06. The molecular formula is C20H19ClF3NO5S2. The van der Waals surface area contributed by atoms with Crippen LogP contribution in [0.5, 0.6) is 0 Å². The fourth-order valence-electron chi connectivity index (χ4n) is 2.53. The highest BCUT2D eigenvalue weighted by Crippen LogP contribution is 2.32. The molecule has 1 amide bonds. The number of carbonyl (C=O) groups excluding carboxylic acids is 1. The van der Waals surface area contributed by atoms with Crippen LogP contribution in [0.2, 0.25) is 5.02 Å². The Labute approximate surface area is 192 Å². The van der Waals surface area contributed by atoms with E-state index in [1.54, 1.807) is 0 Å².